The monoisotopic (exact) mass is 307 g/mol. The van der Waals surface area contributed by atoms with Gasteiger partial charge in [0.1, 0.15) is 11.5 Å². The van der Waals surface area contributed by atoms with E-state index in [9.17, 15) is 9.18 Å². The summed E-state index contributed by atoms with van der Waals surface area (Å²) in [5, 5.41) is 3.48. The van der Waals surface area contributed by atoms with Crippen LogP contribution in [0.5, 0.6) is 0 Å². The van der Waals surface area contributed by atoms with Crippen LogP contribution in [-0.4, -0.2) is 22.5 Å². The quantitative estimate of drug-likeness (QED) is 0.756. The topological polar surface area (TPSA) is 46.9 Å². The maximum absolute atomic E-state index is 14.2. The molecule has 0 fully saturated rings. The molecule has 23 heavy (non-hydrogen) atoms. The minimum absolute atomic E-state index is 0.217. The van der Waals surface area contributed by atoms with Gasteiger partial charge in [0, 0.05) is 29.8 Å². The SMILES string of the molecule is C#Cc1ccc(Cn2c(C(=O)NC)cc3ccncc32)c(F)c1. The molecule has 3 rings (SSSR count). The fraction of sp³-hybridized carbons (Fsp3) is 0.111. The number of carbonyl (C=O) groups is 1. The molecule has 0 saturated heterocycles. The first kappa shape index (κ1) is 14.8. The van der Waals surface area contributed by atoms with Gasteiger partial charge >= 0.3 is 0 Å². The Bertz CT molecular complexity index is 937. The molecule has 0 atom stereocenters. The summed E-state index contributed by atoms with van der Waals surface area (Å²) in [6, 6.07) is 8.22. The van der Waals surface area contributed by atoms with Crippen molar-refractivity contribution in [2.45, 2.75) is 6.54 Å². The third-order valence-electron chi connectivity index (χ3n) is 3.71. The Balaban J connectivity index is 2.12. The molecule has 0 aliphatic carbocycles. The largest absolute Gasteiger partial charge is 0.354 e. The van der Waals surface area contributed by atoms with Crippen molar-refractivity contribution in [1.29, 1.82) is 0 Å². The van der Waals surface area contributed by atoms with Crippen molar-refractivity contribution in [2.24, 2.45) is 0 Å². The summed E-state index contributed by atoms with van der Waals surface area (Å²) in [5.41, 5.74) is 2.16. The van der Waals surface area contributed by atoms with Crippen molar-refractivity contribution in [3.8, 4) is 12.3 Å². The first-order valence-electron chi connectivity index (χ1n) is 7.04. The highest BCUT2D eigenvalue weighted by atomic mass is 19.1. The number of pyridine rings is 1. The fourth-order valence-corrected chi connectivity index (χ4v) is 2.52. The van der Waals surface area contributed by atoms with E-state index in [0.29, 0.717) is 16.8 Å². The van der Waals surface area contributed by atoms with E-state index in [1.165, 1.54) is 6.07 Å². The lowest BCUT2D eigenvalue weighted by molar-refractivity contribution is 0.0954. The molecule has 1 aromatic carbocycles. The van der Waals surface area contributed by atoms with Crippen LogP contribution < -0.4 is 5.32 Å². The second kappa shape index (κ2) is 5.93. The number of terminal acetylenes is 1. The summed E-state index contributed by atoms with van der Waals surface area (Å²) in [5.74, 6) is 1.77. The lowest BCUT2D eigenvalue weighted by Gasteiger charge is -2.11. The summed E-state index contributed by atoms with van der Waals surface area (Å²) >= 11 is 0. The minimum atomic E-state index is -0.394. The molecule has 0 bridgehead atoms. The summed E-state index contributed by atoms with van der Waals surface area (Å²) < 4.78 is 16.0. The van der Waals surface area contributed by atoms with Crippen molar-refractivity contribution in [3.63, 3.8) is 0 Å². The van der Waals surface area contributed by atoms with Crippen molar-refractivity contribution in [2.75, 3.05) is 7.05 Å². The Kier molecular flexibility index (Phi) is 3.82. The Morgan fingerprint density at radius 3 is 2.91 bits per heavy atom. The molecule has 4 nitrogen and oxygen atoms in total. The van der Waals surface area contributed by atoms with Gasteiger partial charge in [-0.15, -0.1) is 6.42 Å². The van der Waals surface area contributed by atoms with Crippen LogP contribution in [0.25, 0.3) is 10.9 Å². The van der Waals surface area contributed by atoms with Gasteiger partial charge in [-0.25, -0.2) is 4.39 Å². The normalized spacial score (nSPS) is 10.5. The molecular weight excluding hydrogens is 293 g/mol. The highest BCUT2D eigenvalue weighted by Crippen LogP contribution is 2.22. The second-order valence-corrected chi connectivity index (χ2v) is 5.08. The molecule has 0 radical (unpaired) electrons. The number of benzene rings is 1. The Morgan fingerprint density at radius 2 is 2.22 bits per heavy atom. The van der Waals surface area contributed by atoms with Crippen LogP contribution in [0.3, 0.4) is 0 Å². The predicted octanol–water partition coefficient (Wildman–Crippen LogP) is 2.56. The molecule has 1 amide bonds. The van der Waals surface area contributed by atoms with E-state index in [2.05, 4.69) is 16.2 Å². The van der Waals surface area contributed by atoms with Crippen LogP contribution in [0.2, 0.25) is 0 Å². The fourth-order valence-electron chi connectivity index (χ4n) is 2.52. The van der Waals surface area contributed by atoms with Gasteiger partial charge < -0.3 is 9.88 Å². The standard InChI is InChI=1S/C18H14FN3O/c1-3-12-4-5-14(15(19)8-12)11-22-16(18(23)20-2)9-13-6-7-21-10-17(13)22/h1,4-10H,11H2,2H3,(H,20,23). The van der Waals surface area contributed by atoms with E-state index in [4.69, 9.17) is 6.42 Å². The maximum atomic E-state index is 14.2. The Morgan fingerprint density at radius 1 is 1.39 bits per heavy atom. The number of fused-ring (bicyclic) bond motifs is 1. The van der Waals surface area contributed by atoms with Crippen LogP contribution in [-0.2, 0) is 6.54 Å². The van der Waals surface area contributed by atoms with Crippen LogP contribution in [0, 0.1) is 18.2 Å². The van der Waals surface area contributed by atoms with Gasteiger partial charge in [-0.05, 0) is 24.3 Å². The lowest BCUT2D eigenvalue weighted by Crippen LogP contribution is -2.22. The molecular formula is C18H14FN3O. The van der Waals surface area contributed by atoms with Gasteiger partial charge in [-0.1, -0.05) is 12.0 Å². The van der Waals surface area contributed by atoms with Gasteiger partial charge in [0.15, 0.2) is 0 Å². The van der Waals surface area contributed by atoms with Gasteiger partial charge in [0.05, 0.1) is 18.3 Å². The third kappa shape index (κ3) is 2.67. The minimum Gasteiger partial charge on any atom is -0.354 e. The average molecular weight is 307 g/mol. The Labute approximate surface area is 133 Å². The highest BCUT2D eigenvalue weighted by Gasteiger charge is 2.16. The number of halogens is 1. The van der Waals surface area contributed by atoms with Crippen molar-refractivity contribution in [1.82, 2.24) is 14.9 Å². The molecule has 0 saturated carbocycles. The number of hydrogen-bond acceptors (Lipinski definition) is 2. The number of nitrogens with one attached hydrogen (secondary N) is 1. The number of aromatic nitrogens is 2. The zero-order valence-electron chi connectivity index (χ0n) is 12.5. The molecule has 2 heterocycles. The van der Waals surface area contributed by atoms with E-state index in [-0.39, 0.29) is 12.5 Å². The smallest absolute Gasteiger partial charge is 0.267 e. The van der Waals surface area contributed by atoms with E-state index in [0.717, 1.165) is 10.9 Å². The van der Waals surface area contributed by atoms with E-state index in [1.54, 1.807) is 42.2 Å². The number of rotatable bonds is 3. The van der Waals surface area contributed by atoms with Crippen molar-refractivity contribution in [3.05, 3.63) is 65.4 Å². The average Bonchev–Trinajstić information content (AvgIpc) is 2.94. The first-order chi connectivity index (χ1) is 11.1. The second-order valence-electron chi connectivity index (χ2n) is 5.08. The number of nitrogens with zero attached hydrogens (tertiary/aromatic N) is 2. The zero-order valence-corrected chi connectivity index (χ0v) is 12.5. The van der Waals surface area contributed by atoms with E-state index < -0.39 is 5.82 Å². The summed E-state index contributed by atoms with van der Waals surface area (Å²) in [7, 11) is 1.56. The first-order valence-corrected chi connectivity index (χ1v) is 7.04. The molecule has 0 unspecified atom stereocenters. The van der Waals surface area contributed by atoms with Crippen LogP contribution >= 0.6 is 0 Å². The number of hydrogen-bond donors (Lipinski definition) is 1. The molecule has 3 aromatic rings. The summed E-state index contributed by atoms with van der Waals surface area (Å²) in [6.45, 7) is 0.217. The van der Waals surface area contributed by atoms with Gasteiger partial charge in [0.2, 0.25) is 0 Å². The van der Waals surface area contributed by atoms with Gasteiger partial charge in [-0.2, -0.15) is 0 Å². The molecule has 0 aliphatic rings. The van der Waals surface area contributed by atoms with Crippen molar-refractivity contribution < 1.29 is 9.18 Å². The highest BCUT2D eigenvalue weighted by molar-refractivity contribution is 5.98. The van der Waals surface area contributed by atoms with Gasteiger partial charge in [-0.3, -0.25) is 9.78 Å². The summed E-state index contributed by atoms with van der Waals surface area (Å²) in [6.07, 6.45) is 8.60. The predicted molar refractivity (Wildman–Crippen MR) is 86.6 cm³/mol. The molecule has 0 aliphatic heterocycles. The molecule has 5 heteroatoms. The number of carbonyl (C=O) groups excluding carboxylic acids is 1. The Hall–Kier alpha value is -3.13. The number of amides is 1. The van der Waals surface area contributed by atoms with Crippen molar-refractivity contribution >= 4 is 16.8 Å². The zero-order chi connectivity index (χ0) is 16.4. The molecule has 114 valence electrons. The van der Waals surface area contributed by atoms with E-state index in [1.807, 2.05) is 6.07 Å². The van der Waals surface area contributed by atoms with Crippen LogP contribution in [0.15, 0.2) is 42.7 Å². The van der Waals surface area contributed by atoms with Crippen LogP contribution in [0.1, 0.15) is 21.6 Å². The van der Waals surface area contributed by atoms with Crippen LogP contribution in [0.4, 0.5) is 4.39 Å². The third-order valence-corrected chi connectivity index (χ3v) is 3.71. The molecule has 0 spiro atoms. The summed E-state index contributed by atoms with van der Waals surface area (Å²) in [4.78, 5) is 16.2. The van der Waals surface area contributed by atoms with E-state index >= 15 is 0 Å². The van der Waals surface area contributed by atoms with Gasteiger partial charge in [0.25, 0.3) is 5.91 Å². The molecule has 1 N–H and O–H groups in total. The lowest BCUT2D eigenvalue weighted by atomic mass is 10.1. The molecule has 2 aromatic heterocycles. The maximum Gasteiger partial charge on any atom is 0.267 e.